The van der Waals surface area contributed by atoms with Gasteiger partial charge < -0.3 is 25.8 Å². The molecule has 1 aliphatic heterocycles. The summed E-state index contributed by atoms with van der Waals surface area (Å²) in [4.78, 5) is 33.2. The summed E-state index contributed by atoms with van der Waals surface area (Å²) in [5.41, 5.74) is 4.02. The summed E-state index contributed by atoms with van der Waals surface area (Å²) >= 11 is 1.54. The van der Waals surface area contributed by atoms with Gasteiger partial charge in [-0.15, -0.1) is 11.3 Å². The maximum Gasteiger partial charge on any atom is 0.323 e. The normalized spacial score (nSPS) is 12.6. The van der Waals surface area contributed by atoms with E-state index in [1.54, 1.807) is 4.90 Å². The molecule has 1 aliphatic rings. The molecule has 172 valence electrons. The van der Waals surface area contributed by atoms with Gasteiger partial charge in [0.1, 0.15) is 5.82 Å². The summed E-state index contributed by atoms with van der Waals surface area (Å²) in [6, 6.07) is 10.7. The first-order valence-corrected chi connectivity index (χ1v) is 11.4. The number of hydrogen-bond acceptors (Lipinski definition) is 5. The molecule has 1 aromatic heterocycles. The van der Waals surface area contributed by atoms with E-state index in [4.69, 9.17) is 0 Å². The monoisotopic (exact) mass is 468 g/mol. The Morgan fingerprint density at radius 2 is 1.94 bits per heavy atom. The van der Waals surface area contributed by atoms with Gasteiger partial charge >= 0.3 is 12.1 Å². The van der Waals surface area contributed by atoms with Crippen LogP contribution in [-0.2, 0) is 19.5 Å². The minimum Gasteiger partial charge on any atom is -0.354 e. The Bertz CT molecular complexity index is 1150. The number of halogens is 1. The van der Waals surface area contributed by atoms with Crippen LogP contribution in [0.3, 0.4) is 0 Å². The Labute approximate surface area is 195 Å². The summed E-state index contributed by atoms with van der Waals surface area (Å²) in [6.07, 6.45) is 0.622. The Morgan fingerprint density at radius 3 is 2.67 bits per heavy atom. The molecule has 0 atom stereocenters. The molecule has 2 aromatic carbocycles. The first-order valence-electron chi connectivity index (χ1n) is 10.5. The van der Waals surface area contributed by atoms with E-state index in [1.807, 2.05) is 42.6 Å². The highest BCUT2D eigenvalue weighted by Gasteiger charge is 2.23. The number of amides is 4. The molecule has 3 N–H and O–H groups in total. The fraction of sp³-hybridized carbons (Fsp3) is 0.261. The molecule has 0 bridgehead atoms. The fourth-order valence-corrected chi connectivity index (χ4v) is 4.34. The van der Waals surface area contributed by atoms with Crippen LogP contribution in [0.25, 0.3) is 0 Å². The molecule has 0 saturated heterocycles. The average Bonchev–Trinajstić information content (AvgIpc) is 3.28. The quantitative estimate of drug-likeness (QED) is 0.522. The Balaban J connectivity index is 1.35. The zero-order chi connectivity index (χ0) is 23.4. The SMILES string of the molecule is CN(C)c1nc(CNC(=O)N2CCc3c(cccc3NC(=O)Nc3ccc(F)cc3)C2)cs1. The summed E-state index contributed by atoms with van der Waals surface area (Å²) in [6.45, 7) is 1.37. The van der Waals surface area contributed by atoms with Crippen LogP contribution in [0.5, 0.6) is 0 Å². The smallest absolute Gasteiger partial charge is 0.323 e. The number of rotatable bonds is 5. The van der Waals surface area contributed by atoms with Crippen LogP contribution in [0, 0.1) is 5.82 Å². The third-order valence-corrected chi connectivity index (χ3v) is 6.30. The lowest BCUT2D eigenvalue weighted by molar-refractivity contribution is 0.192. The van der Waals surface area contributed by atoms with Crippen molar-refractivity contribution in [1.29, 1.82) is 0 Å². The summed E-state index contributed by atoms with van der Waals surface area (Å²) < 4.78 is 13.0. The van der Waals surface area contributed by atoms with Crippen LogP contribution in [-0.4, -0.2) is 42.6 Å². The van der Waals surface area contributed by atoms with Crippen molar-refractivity contribution in [1.82, 2.24) is 15.2 Å². The number of thiazole rings is 1. The Morgan fingerprint density at radius 1 is 1.15 bits per heavy atom. The van der Waals surface area contributed by atoms with E-state index in [1.165, 1.54) is 35.6 Å². The van der Waals surface area contributed by atoms with Gasteiger partial charge in [0.05, 0.1) is 12.2 Å². The third kappa shape index (κ3) is 5.58. The van der Waals surface area contributed by atoms with E-state index < -0.39 is 6.03 Å². The van der Waals surface area contributed by atoms with E-state index in [0.29, 0.717) is 37.4 Å². The lowest BCUT2D eigenvalue weighted by Gasteiger charge is -2.30. The van der Waals surface area contributed by atoms with Crippen molar-refractivity contribution < 1.29 is 14.0 Å². The van der Waals surface area contributed by atoms with Crippen molar-refractivity contribution in [2.24, 2.45) is 0 Å². The predicted octanol–water partition coefficient (Wildman–Crippen LogP) is 4.26. The van der Waals surface area contributed by atoms with Gasteiger partial charge in [-0.05, 0) is 47.9 Å². The lowest BCUT2D eigenvalue weighted by atomic mass is 9.98. The van der Waals surface area contributed by atoms with Gasteiger partial charge in [0.25, 0.3) is 0 Å². The Kier molecular flexibility index (Phi) is 6.74. The molecule has 0 fully saturated rings. The van der Waals surface area contributed by atoms with Crippen molar-refractivity contribution in [3.8, 4) is 0 Å². The number of benzene rings is 2. The second-order valence-electron chi connectivity index (χ2n) is 7.88. The molecule has 2 heterocycles. The van der Waals surface area contributed by atoms with Crippen LogP contribution < -0.4 is 20.9 Å². The van der Waals surface area contributed by atoms with E-state index in [-0.39, 0.29) is 11.8 Å². The molecule has 0 unspecified atom stereocenters. The average molecular weight is 469 g/mol. The van der Waals surface area contributed by atoms with Crippen LogP contribution in [0.4, 0.5) is 30.5 Å². The maximum absolute atomic E-state index is 13.0. The molecule has 10 heteroatoms. The van der Waals surface area contributed by atoms with Crippen molar-refractivity contribution in [2.45, 2.75) is 19.5 Å². The number of carbonyl (C=O) groups excluding carboxylic acids is 2. The highest BCUT2D eigenvalue weighted by molar-refractivity contribution is 7.13. The molecular formula is C23H25FN6O2S. The van der Waals surface area contributed by atoms with Gasteiger partial charge in [-0.3, -0.25) is 0 Å². The van der Waals surface area contributed by atoms with E-state index in [2.05, 4.69) is 20.9 Å². The maximum atomic E-state index is 13.0. The van der Waals surface area contributed by atoms with Crippen LogP contribution >= 0.6 is 11.3 Å². The molecule has 0 spiro atoms. The van der Waals surface area contributed by atoms with E-state index in [0.717, 1.165) is 22.0 Å². The predicted molar refractivity (Wildman–Crippen MR) is 128 cm³/mol. The standard InChI is InChI=1S/C23H25FN6O2S/c1-29(2)23-27-18(14-33-23)12-25-22(32)30-11-10-19-15(13-30)4-3-5-20(19)28-21(31)26-17-8-6-16(24)7-9-17/h3-9,14H,10-13H2,1-2H3,(H,25,32)(H2,26,28,31). The van der Waals surface area contributed by atoms with Crippen molar-refractivity contribution in [2.75, 3.05) is 36.2 Å². The molecule has 8 nitrogen and oxygen atoms in total. The zero-order valence-electron chi connectivity index (χ0n) is 18.4. The van der Waals surface area contributed by atoms with Gasteiger partial charge in [-0.2, -0.15) is 0 Å². The van der Waals surface area contributed by atoms with Gasteiger partial charge in [-0.25, -0.2) is 19.0 Å². The number of nitrogens with zero attached hydrogens (tertiary/aromatic N) is 3. The number of urea groups is 2. The topological polar surface area (TPSA) is 89.6 Å². The van der Waals surface area contributed by atoms with E-state index in [9.17, 15) is 14.0 Å². The molecule has 0 radical (unpaired) electrons. The van der Waals surface area contributed by atoms with Crippen LogP contribution in [0.2, 0.25) is 0 Å². The molecule has 0 saturated carbocycles. The number of fused-ring (bicyclic) bond motifs is 1. The van der Waals surface area contributed by atoms with E-state index >= 15 is 0 Å². The molecule has 33 heavy (non-hydrogen) atoms. The number of anilines is 3. The summed E-state index contributed by atoms with van der Waals surface area (Å²) in [5.74, 6) is -0.364. The molecule has 4 rings (SSSR count). The first-order chi connectivity index (χ1) is 15.9. The summed E-state index contributed by atoms with van der Waals surface area (Å²) in [7, 11) is 3.86. The minimum absolute atomic E-state index is 0.146. The minimum atomic E-state index is -0.407. The van der Waals surface area contributed by atoms with Gasteiger partial charge in [-0.1, -0.05) is 12.1 Å². The first kappa shape index (κ1) is 22.5. The zero-order valence-corrected chi connectivity index (χ0v) is 19.2. The van der Waals surface area contributed by atoms with Crippen LogP contribution in [0.1, 0.15) is 16.8 Å². The molecule has 3 aromatic rings. The van der Waals surface area contributed by atoms with Crippen LogP contribution in [0.15, 0.2) is 47.8 Å². The van der Waals surface area contributed by atoms with Gasteiger partial charge in [0, 0.05) is 43.9 Å². The van der Waals surface area contributed by atoms with Gasteiger partial charge in [0.2, 0.25) is 0 Å². The summed E-state index contributed by atoms with van der Waals surface area (Å²) in [5, 5.41) is 11.3. The number of hydrogen-bond donors (Lipinski definition) is 3. The lowest BCUT2D eigenvalue weighted by Crippen LogP contribution is -2.42. The van der Waals surface area contributed by atoms with Gasteiger partial charge in [0.15, 0.2) is 5.13 Å². The second-order valence-corrected chi connectivity index (χ2v) is 8.71. The Hall–Kier alpha value is -3.66. The molecular weight excluding hydrogens is 443 g/mol. The third-order valence-electron chi connectivity index (χ3n) is 5.25. The number of nitrogens with one attached hydrogen (secondary N) is 3. The number of aromatic nitrogens is 1. The highest BCUT2D eigenvalue weighted by Crippen LogP contribution is 2.27. The second kappa shape index (κ2) is 9.86. The van der Waals surface area contributed by atoms with Crippen molar-refractivity contribution >= 4 is 39.9 Å². The van der Waals surface area contributed by atoms with Crippen molar-refractivity contribution in [3.05, 3.63) is 70.5 Å². The fourth-order valence-electron chi connectivity index (χ4n) is 3.58. The highest BCUT2D eigenvalue weighted by atomic mass is 32.1. The molecule has 0 aliphatic carbocycles. The number of carbonyl (C=O) groups is 2. The largest absolute Gasteiger partial charge is 0.354 e. The molecule has 4 amide bonds. The van der Waals surface area contributed by atoms with Crippen molar-refractivity contribution in [3.63, 3.8) is 0 Å².